The number of nitrogens with zero attached hydrogens (tertiary/aromatic N) is 1. The number of benzene rings is 1. The predicted octanol–water partition coefficient (Wildman–Crippen LogP) is 3.24. The summed E-state index contributed by atoms with van der Waals surface area (Å²) in [6.45, 7) is 1.71. The number of halogens is 2. The van der Waals surface area contributed by atoms with Crippen molar-refractivity contribution in [3.63, 3.8) is 0 Å². The van der Waals surface area contributed by atoms with Crippen molar-refractivity contribution in [1.82, 2.24) is 0 Å². The zero-order valence-electron chi connectivity index (χ0n) is 6.28. The quantitative estimate of drug-likeness (QED) is 0.590. The summed E-state index contributed by atoms with van der Waals surface area (Å²) in [5, 5.41) is 10.4. The highest BCUT2D eigenvalue weighted by Crippen LogP contribution is 2.27. The second-order valence-electron chi connectivity index (χ2n) is 2.16. The molecule has 0 radical (unpaired) electrons. The highest BCUT2D eigenvalue weighted by Gasteiger charge is 2.13. The van der Waals surface area contributed by atoms with E-state index in [1.165, 1.54) is 0 Å². The number of para-hydroxylation sites is 1. The maximum Gasteiger partial charge on any atom is 0.286 e. The molecule has 3 nitrogen and oxygen atoms in total. The largest absolute Gasteiger partial charge is 0.286 e. The van der Waals surface area contributed by atoms with Crippen molar-refractivity contribution >= 4 is 38.6 Å². The van der Waals surface area contributed by atoms with Crippen LogP contribution in [0.3, 0.4) is 0 Å². The minimum Gasteiger partial charge on any atom is -0.258 e. The van der Waals surface area contributed by atoms with E-state index in [2.05, 4.69) is 15.9 Å². The van der Waals surface area contributed by atoms with E-state index in [4.69, 9.17) is 0 Å². The third kappa shape index (κ3) is 2.28. The third-order valence-corrected chi connectivity index (χ3v) is 2.01. The molecular weight excluding hydrogens is 290 g/mol. The van der Waals surface area contributed by atoms with Crippen LogP contribution in [0.5, 0.6) is 0 Å². The fraction of sp³-hybridized carbons (Fsp3) is 0.143. The molecule has 0 fully saturated rings. The molecule has 1 rings (SSSR count). The SMILES string of the molecule is Br.Cc1cccc(Br)c1[N+](=O)[O-]. The van der Waals surface area contributed by atoms with Gasteiger partial charge in [0.25, 0.3) is 5.69 Å². The van der Waals surface area contributed by atoms with Crippen LogP contribution in [0.15, 0.2) is 22.7 Å². The van der Waals surface area contributed by atoms with Crippen molar-refractivity contribution < 1.29 is 4.92 Å². The Balaban J connectivity index is 0.00000121. The van der Waals surface area contributed by atoms with E-state index in [1.807, 2.05) is 0 Å². The summed E-state index contributed by atoms with van der Waals surface area (Å²) in [4.78, 5) is 10.0. The lowest BCUT2D eigenvalue weighted by Gasteiger charge is -1.97. The molecule has 0 saturated heterocycles. The van der Waals surface area contributed by atoms with Crippen molar-refractivity contribution in [2.75, 3.05) is 0 Å². The molecule has 0 N–H and O–H groups in total. The normalized spacial score (nSPS) is 8.83. The summed E-state index contributed by atoms with van der Waals surface area (Å²) in [6.07, 6.45) is 0. The number of nitro benzene ring substituents is 1. The summed E-state index contributed by atoms with van der Waals surface area (Å²) in [6, 6.07) is 5.14. The molecule has 0 spiro atoms. The van der Waals surface area contributed by atoms with E-state index in [0.29, 0.717) is 10.0 Å². The zero-order chi connectivity index (χ0) is 8.43. The van der Waals surface area contributed by atoms with Gasteiger partial charge in [-0.05, 0) is 28.9 Å². The zero-order valence-corrected chi connectivity index (χ0v) is 9.58. The van der Waals surface area contributed by atoms with Crippen LogP contribution >= 0.6 is 32.9 Å². The molecule has 12 heavy (non-hydrogen) atoms. The van der Waals surface area contributed by atoms with Crippen molar-refractivity contribution in [3.8, 4) is 0 Å². The second kappa shape index (κ2) is 4.57. The van der Waals surface area contributed by atoms with Gasteiger partial charge in [-0.3, -0.25) is 10.1 Å². The molecular formula is C7H7Br2NO2. The molecule has 0 atom stereocenters. The van der Waals surface area contributed by atoms with Gasteiger partial charge in [0.15, 0.2) is 0 Å². The molecule has 0 aliphatic carbocycles. The number of hydrogen-bond donors (Lipinski definition) is 0. The van der Waals surface area contributed by atoms with Crippen molar-refractivity contribution in [1.29, 1.82) is 0 Å². The maximum atomic E-state index is 10.4. The van der Waals surface area contributed by atoms with Crippen molar-refractivity contribution in [3.05, 3.63) is 38.3 Å². The molecule has 0 aromatic heterocycles. The Morgan fingerprint density at radius 2 is 2.08 bits per heavy atom. The molecule has 0 bridgehead atoms. The summed E-state index contributed by atoms with van der Waals surface area (Å²) < 4.78 is 0.530. The van der Waals surface area contributed by atoms with Gasteiger partial charge >= 0.3 is 0 Å². The van der Waals surface area contributed by atoms with E-state index >= 15 is 0 Å². The Labute approximate surface area is 88.8 Å². The van der Waals surface area contributed by atoms with E-state index in [-0.39, 0.29) is 27.6 Å². The van der Waals surface area contributed by atoms with Gasteiger partial charge in [-0.25, -0.2) is 0 Å². The van der Waals surface area contributed by atoms with Crippen LogP contribution in [0, 0.1) is 17.0 Å². The number of rotatable bonds is 1. The van der Waals surface area contributed by atoms with Gasteiger partial charge in [-0.2, -0.15) is 0 Å². The Hall–Kier alpha value is -0.420. The number of aryl methyl sites for hydroxylation is 1. The smallest absolute Gasteiger partial charge is 0.258 e. The molecule has 0 amide bonds. The monoisotopic (exact) mass is 295 g/mol. The summed E-state index contributed by atoms with van der Waals surface area (Å²) in [5.74, 6) is 0. The first-order chi connectivity index (χ1) is 5.13. The summed E-state index contributed by atoms with van der Waals surface area (Å²) >= 11 is 3.11. The molecule has 5 heteroatoms. The average Bonchev–Trinajstić information content (AvgIpc) is 1.85. The third-order valence-electron chi connectivity index (χ3n) is 1.37. The average molecular weight is 297 g/mol. The molecule has 66 valence electrons. The summed E-state index contributed by atoms with van der Waals surface area (Å²) in [7, 11) is 0. The van der Waals surface area contributed by atoms with E-state index in [1.54, 1.807) is 25.1 Å². The topological polar surface area (TPSA) is 43.1 Å². The standard InChI is InChI=1S/C7H6BrNO2.BrH/c1-5-3-2-4-6(8)7(5)9(10)11;/h2-4H,1H3;1H. The highest BCUT2D eigenvalue weighted by atomic mass is 79.9. The van der Waals surface area contributed by atoms with Gasteiger partial charge in [-0.1, -0.05) is 12.1 Å². The minimum absolute atomic E-state index is 0. The maximum absolute atomic E-state index is 10.4. The predicted molar refractivity (Wildman–Crippen MR) is 55.9 cm³/mol. The molecule has 1 aromatic carbocycles. The van der Waals surface area contributed by atoms with Crippen molar-refractivity contribution in [2.24, 2.45) is 0 Å². The molecule has 0 aliphatic heterocycles. The number of hydrogen-bond acceptors (Lipinski definition) is 2. The van der Waals surface area contributed by atoms with E-state index in [0.717, 1.165) is 0 Å². The summed E-state index contributed by atoms with van der Waals surface area (Å²) in [5.41, 5.74) is 0.817. The highest BCUT2D eigenvalue weighted by molar-refractivity contribution is 9.10. The molecule has 1 aromatic rings. The van der Waals surface area contributed by atoms with Crippen LogP contribution in [-0.4, -0.2) is 4.92 Å². The van der Waals surface area contributed by atoms with Gasteiger partial charge in [0.1, 0.15) is 0 Å². The van der Waals surface area contributed by atoms with E-state index < -0.39 is 0 Å². The van der Waals surface area contributed by atoms with Crippen LogP contribution in [0.1, 0.15) is 5.56 Å². The lowest BCUT2D eigenvalue weighted by molar-refractivity contribution is -0.386. The fourth-order valence-corrected chi connectivity index (χ4v) is 1.46. The first-order valence-corrected chi connectivity index (χ1v) is 3.81. The first kappa shape index (κ1) is 11.6. The van der Waals surface area contributed by atoms with Crippen LogP contribution in [0.4, 0.5) is 5.69 Å². The second-order valence-corrected chi connectivity index (χ2v) is 3.02. The van der Waals surface area contributed by atoms with Crippen molar-refractivity contribution in [2.45, 2.75) is 6.92 Å². The number of nitro groups is 1. The Bertz CT molecular complexity index is 281. The van der Waals surface area contributed by atoms with E-state index in [9.17, 15) is 10.1 Å². The Morgan fingerprint density at radius 3 is 2.42 bits per heavy atom. The molecule has 0 saturated carbocycles. The molecule has 0 heterocycles. The van der Waals surface area contributed by atoms with Gasteiger partial charge in [0.05, 0.1) is 9.40 Å². The van der Waals surface area contributed by atoms with Crippen LogP contribution in [0.2, 0.25) is 0 Å². The van der Waals surface area contributed by atoms with Gasteiger partial charge in [0, 0.05) is 5.56 Å². The van der Waals surface area contributed by atoms with Gasteiger partial charge < -0.3 is 0 Å². The first-order valence-electron chi connectivity index (χ1n) is 3.02. The van der Waals surface area contributed by atoms with Crippen LogP contribution in [0.25, 0.3) is 0 Å². The molecule has 0 aliphatic rings. The fourth-order valence-electron chi connectivity index (χ4n) is 0.854. The minimum atomic E-state index is -0.389. The van der Waals surface area contributed by atoms with Gasteiger partial charge in [-0.15, -0.1) is 17.0 Å². The van der Waals surface area contributed by atoms with Gasteiger partial charge in [0.2, 0.25) is 0 Å². The molecule has 0 unspecified atom stereocenters. The Morgan fingerprint density at radius 1 is 1.50 bits per heavy atom. The van der Waals surface area contributed by atoms with Crippen LogP contribution < -0.4 is 0 Å². The lowest BCUT2D eigenvalue weighted by Crippen LogP contribution is -1.91. The van der Waals surface area contributed by atoms with Crippen LogP contribution in [-0.2, 0) is 0 Å². The lowest BCUT2D eigenvalue weighted by atomic mass is 10.2. The Kier molecular flexibility index (Phi) is 4.41.